The lowest BCUT2D eigenvalue weighted by molar-refractivity contribution is 0.254. The van der Waals surface area contributed by atoms with Crippen LogP contribution >= 0.6 is 15.9 Å². The Kier molecular flexibility index (Phi) is 4.27. The van der Waals surface area contributed by atoms with Gasteiger partial charge in [0.1, 0.15) is 12.4 Å². The van der Waals surface area contributed by atoms with Crippen molar-refractivity contribution in [2.45, 2.75) is 27.1 Å². The first kappa shape index (κ1) is 14.1. The minimum atomic E-state index is -0.0416. The van der Waals surface area contributed by atoms with Crippen LogP contribution in [0.5, 0.6) is 5.75 Å². The van der Waals surface area contributed by atoms with Crippen LogP contribution in [0, 0.1) is 13.8 Å². The van der Waals surface area contributed by atoms with Crippen LogP contribution in [0.3, 0.4) is 0 Å². The average Bonchev–Trinajstić information content (AvgIpc) is 2.65. The van der Waals surface area contributed by atoms with Gasteiger partial charge in [0.15, 0.2) is 0 Å². The van der Waals surface area contributed by atoms with Gasteiger partial charge in [-0.1, -0.05) is 15.9 Å². The number of halogens is 1. The summed E-state index contributed by atoms with van der Waals surface area (Å²) in [4.78, 5) is 0. The molecule has 0 aliphatic rings. The topological polar surface area (TPSA) is 47.3 Å². The van der Waals surface area contributed by atoms with Gasteiger partial charge in [0.25, 0.3) is 0 Å². The molecular weight excluding hydrogens is 308 g/mol. The van der Waals surface area contributed by atoms with E-state index < -0.39 is 0 Å². The van der Waals surface area contributed by atoms with E-state index in [0.29, 0.717) is 6.61 Å². The zero-order chi connectivity index (χ0) is 14.0. The zero-order valence-corrected chi connectivity index (χ0v) is 12.9. The molecule has 0 radical (unpaired) electrons. The Morgan fingerprint density at radius 1 is 1.32 bits per heavy atom. The van der Waals surface area contributed by atoms with Gasteiger partial charge in [0.2, 0.25) is 0 Å². The average molecular weight is 325 g/mol. The maximum absolute atomic E-state index is 9.40. The molecule has 19 heavy (non-hydrogen) atoms. The van der Waals surface area contributed by atoms with Crippen LogP contribution in [0.4, 0.5) is 0 Å². The van der Waals surface area contributed by atoms with Crippen LogP contribution in [0.25, 0.3) is 0 Å². The summed E-state index contributed by atoms with van der Waals surface area (Å²) in [5.74, 6) is 0.740. The molecule has 0 unspecified atom stereocenters. The van der Waals surface area contributed by atoms with E-state index in [2.05, 4.69) is 21.0 Å². The normalized spacial score (nSPS) is 10.8. The molecule has 0 saturated heterocycles. The number of aromatic nitrogens is 2. The molecule has 0 aliphatic carbocycles. The van der Waals surface area contributed by atoms with Crippen molar-refractivity contribution in [3.8, 4) is 5.75 Å². The predicted octanol–water partition coefficient (Wildman–Crippen LogP) is 2.87. The molecule has 0 fully saturated rings. The molecule has 1 aromatic carbocycles. The largest absolute Gasteiger partial charge is 0.487 e. The van der Waals surface area contributed by atoms with Gasteiger partial charge in [-0.05, 0) is 37.6 Å². The number of aliphatic hydroxyl groups is 1. The highest BCUT2D eigenvalue weighted by Crippen LogP contribution is 2.28. The molecule has 0 spiro atoms. The lowest BCUT2D eigenvalue weighted by atomic mass is 10.1. The van der Waals surface area contributed by atoms with Gasteiger partial charge >= 0.3 is 0 Å². The summed E-state index contributed by atoms with van der Waals surface area (Å²) in [7, 11) is 1.90. The Hall–Kier alpha value is -1.33. The van der Waals surface area contributed by atoms with E-state index in [9.17, 15) is 5.11 Å². The summed E-state index contributed by atoms with van der Waals surface area (Å²) in [6.07, 6.45) is 0. The van der Waals surface area contributed by atoms with Crippen molar-refractivity contribution in [1.29, 1.82) is 0 Å². The highest BCUT2D eigenvalue weighted by molar-refractivity contribution is 9.10. The van der Waals surface area contributed by atoms with Crippen molar-refractivity contribution in [1.82, 2.24) is 9.78 Å². The number of ether oxygens (including phenoxy) is 1. The van der Waals surface area contributed by atoms with Crippen molar-refractivity contribution in [2.24, 2.45) is 7.05 Å². The van der Waals surface area contributed by atoms with Crippen molar-refractivity contribution in [2.75, 3.05) is 0 Å². The van der Waals surface area contributed by atoms with Gasteiger partial charge in [-0.2, -0.15) is 5.10 Å². The molecule has 5 heteroatoms. The smallest absolute Gasteiger partial charge is 0.130 e. The molecule has 102 valence electrons. The number of hydrogen-bond acceptors (Lipinski definition) is 3. The van der Waals surface area contributed by atoms with Gasteiger partial charge in [-0.25, -0.2) is 0 Å². The zero-order valence-electron chi connectivity index (χ0n) is 11.3. The lowest BCUT2D eigenvalue weighted by Crippen LogP contribution is -2.05. The van der Waals surface area contributed by atoms with Crippen molar-refractivity contribution >= 4 is 15.9 Å². The van der Waals surface area contributed by atoms with Crippen molar-refractivity contribution in [3.63, 3.8) is 0 Å². The summed E-state index contributed by atoms with van der Waals surface area (Å²) >= 11 is 3.42. The van der Waals surface area contributed by atoms with E-state index >= 15 is 0 Å². The Balaban J connectivity index is 2.22. The second kappa shape index (κ2) is 5.75. The van der Waals surface area contributed by atoms with Crippen LogP contribution in [-0.4, -0.2) is 14.9 Å². The fourth-order valence-electron chi connectivity index (χ4n) is 2.07. The second-order valence-corrected chi connectivity index (χ2v) is 5.47. The van der Waals surface area contributed by atoms with E-state index in [1.54, 1.807) is 0 Å². The fourth-order valence-corrected chi connectivity index (χ4v) is 2.69. The molecule has 2 aromatic rings. The highest BCUT2D eigenvalue weighted by atomic mass is 79.9. The standard InChI is InChI=1S/C14H17BrN2O2/c1-9-4-12(15)6-11(7-18)14(9)19-8-13-5-10(2)16-17(13)3/h4-6,18H,7-8H2,1-3H3. The minimum absolute atomic E-state index is 0.0416. The fraction of sp³-hybridized carbons (Fsp3) is 0.357. The van der Waals surface area contributed by atoms with Crippen molar-refractivity contribution < 1.29 is 9.84 Å². The maximum Gasteiger partial charge on any atom is 0.130 e. The molecule has 2 rings (SSSR count). The maximum atomic E-state index is 9.40. The molecule has 0 aliphatic heterocycles. The third-order valence-electron chi connectivity index (χ3n) is 2.95. The van der Waals surface area contributed by atoms with Gasteiger partial charge in [0, 0.05) is 17.1 Å². The van der Waals surface area contributed by atoms with Crippen LogP contribution in [-0.2, 0) is 20.3 Å². The Morgan fingerprint density at radius 3 is 2.63 bits per heavy atom. The van der Waals surface area contributed by atoms with Gasteiger partial charge in [-0.15, -0.1) is 0 Å². The second-order valence-electron chi connectivity index (χ2n) is 4.56. The number of aryl methyl sites for hydroxylation is 3. The molecule has 0 bridgehead atoms. The van der Waals surface area contributed by atoms with E-state index in [1.165, 1.54) is 0 Å². The Labute approximate surface area is 121 Å². The molecule has 0 amide bonds. The first-order valence-electron chi connectivity index (χ1n) is 6.03. The molecule has 1 N–H and O–H groups in total. The predicted molar refractivity (Wildman–Crippen MR) is 77.1 cm³/mol. The number of aliphatic hydroxyl groups excluding tert-OH is 1. The van der Waals surface area contributed by atoms with E-state index in [-0.39, 0.29) is 6.61 Å². The highest BCUT2D eigenvalue weighted by Gasteiger charge is 2.10. The van der Waals surface area contributed by atoms with Crippen LogP contribution in [0.2, 0.25) is 0 Å². The summed E-state index contributed by atoms with van der Waals surface area (Å²) in [6, 6.07) is 5.84. The van der Waals surface area contributed by atoms with Crippen LogP contribution < -0.4 is 4.74 Å². The monoisotopic (exact) mass is 324 g/mol. The quantitative estimate of drug-likeness (QED) is 0.940. The number of nitrogens with zero attached hydrogens (tertiary/aromatic N) is 2. The molecule has 1 heterocycles. The van der Waals surface area contributed by atoms with E-state index in [1.807, 2.05) is 43.8 Å². The van der Waals surface area contributed by atoms with Crippen LogP contribution in [0.1, 0.15) is 22.5 Å². The minimum Gasteiger partial charge on any atom is -0.487 e. The van der Waals surface area contributed by atoms with Gasteiger partial charge in [-0.3, -0.25) is 4.68 Å². The number of hydrogen-bond donors (Lipinski definition) is 1. The summed E-state index contributed by atoms with van der Waals surface area (Å²) in [6.45, 7) is 4.31. The molecular formula is C14H17BrN2O2. The van der Waals surface area contributed by atoms with Gasteiger partial charge < -0.3 is 9.84 Å². The summed E-state index contributed by atoms with van der Waals surface area (Å²) in [5, 5.41) is 13.7. The Bertz CT molecular complexity index is 593. The summed E-state index contributed by atoms with van der Waals surface area (Å²) < 4.78 is 8.60. The molecule has 0 atom stereocenters. The third kappa shape index (κ3) is 3.16. The van der Waals surface area contributed by atoms with Crippen LogP contribution in [0.15, 0.2) is 22.7 Å². The van der Waals surface area contributed by atoms with E-state index in [4.69, 9.17) is 4.74 Å². The first-order valence-corrected chi connectivity index (χ1v) is 6.82. The summed E-state index contributed by atoms with van der Waals surface area (Å²) in [5.41, 5.74) is 3.75. The Morgan fingerprint density at radius 2 is 2.05 bits per heavy atom. The van der Waals surface area contributed by atoms with Gasteiger partial charge in [0.05, 0.1) is 18.0 Å². The van der Waals surface area contributed by atoms with Crippen molar-refractivity contribution in [3.05, 3.63) is 45.2 Å². The molecule has 0 saturated carbocycles. The number of rotatable bonds is 4. The third-order valence-corrected chi connectivity index (χ3v) is 3.41. The molecule has 4 nitrogen and oxygen atoms in total. The number of benzene rings is 1. The SMILES string of the molecule is Cc1cc(COc2c(C)cc(Br)cc2CO)n(C)n1. The molecule has 1 aromatic heterocycles. The van der Waals surface area contributed by atoms with E-state index in [0.717, 1.165) is 32.7 Å². The lowest BCUT2D eigenvalue weighted by Gasteiger charge is -2.13. The first-order chi connectivity index (χ1) is 9.01.